The maximum Gasteiger partial charge on any atom is 0.326 e. The third kappa shape index (κ3) is 3.07. The molecule has 3 heterocycles. The lowest BCUT2D eigenvalue weighted by molar-refractivity contribution is -0.144. The van der Waals surface area contributed by atoms with Crippen molar-refractivity contribution in [2.24, 2.45) is 0 Å². The molecule has 5 rings (SSSR count). The third-order valence-corrected chi connectivity index (χ3v) is 5.11. The molecule has 2 amide bonds. The number of furan rings is 1. The quantitative estimate of drug-likeness (QED) is 0.361. The smallest absolute Gasteiger partial charge is 0.326 e. The van der Waals surface area contributed by atoms with E-state index in [2.05, 4.69) is 4.98 Å². The fourth-order valence-electron chi connectivity index (χ4n) is 3.61. The van der Waals surface area contributed by atoms with Crippen molar-refractivity contribution in [2.75, 3.05) is 13.2 Å². The lowest BCUT2D eigenvalue weighted by Crippen LogP contribution is -2.34. The second-order valence-corrected chi connectivity index (χ2v) is 6.98. The lowest BCUT2D eigenvalue weighted by Gasteiger charge is -2.14. The number of hydrogen-bond donors (Lipinski definition) is 0. The monoisotopic (exact) mass is 417 g/mol. The standard InChI is InChI=1S/C22H15N3O6/c26-17(30-10-9-25-20(27)13-5-1-2-6-14(13)21(25)28)11-24-12-23-18-15-7-3-4-8-16(15)31-19(18)22(24)29/h1-8,12H,9-11H2. The topological polar surface area (TPSA) is 112 Å². The molecule has 4 aromatic rings. The van der Waals surface area contributed by atoms with Crippen molar-refractivity contribution in [2.45, 2.75) is 6.54 Å². The molecule has 0 fully saturated rings. The molecule has 0 N–H and O–H groups in total. The van der Waals surface area contributed by atoms with Gasteiger partial charge in [0.15, 0.2) is 0 Å². The molecule has 9 nitrogen and oxygen atoms in total. The Morgan fingerprint density at radius 2 is 1.65 bits per heavy atom. The third-order valence-electron chi connectivity index (χ3n) is 5.11. The zero-order valence-electron chi connectivity index (χ0n) is 16.1. The van der Waals surface area contributed by atoms with Gasteiger partial charge >= 0.3 is 5.97 Å². The first-order chi connectivity index (χ1) is 15.0. The maximum absolute atomic E-state index is 12.7. The van der Waals surface area contributed by atoms with Crippen LogP contribution in [0.15, 0.2) is 64.1 Å². The lowest BCUT2D eigenvalue weighted by atomic mass is 10.1. The van der Waals surface area contributed by atoms with Crippen molar-refractivity contribution < 1.29 is 23.5 Å². The van der Waals surface area contributed by atoms with Crippen LogP contribution in [0.3, 0.4) is 0 Å². The number of amides is 2. The van der Waals surface area contributed by atoms with Gasteiger partial charge in [-0.25, -0.2) is 4.98 Å². The summed E-state index contributed by atoms with van der Waals surface area (Å²) in [7, 11) is 0. The molecule has 0 saturated carbocycles. The van der Waals surface area contributed by atoms with Crippen LogP contribution in [0.2, 0.25) is 0 Å². The Kier molecular flexibility index (Phi) is 4.36. The number of rotatable bonds is 5. The Hall–Kier alpha value is -4.27. The van der Waals surface area contributed by atoms with Crippen LogP contribution in [-0.2, 0) is 16.1 Å². The minimum Gasteiger partial charge on any atom is -0.462 e. The highest BCUT2D eigenvalue weighted by atomic mass is 16.5. The van der Waals surface area contributed by atoms with Crippen molar-refractivity contribution in [3.05, 3.63) is 76.3 Å². The van der Waals surface area contributed by atoms with Crippen LogP contribution in [0.5, 0.6) is 0 Å². The van der Waals surface area contributed by atoms with Gasteiger partial charge in [0.1, 0.15) is 24.3 Å². The number of para-hydroxylation sites is 1. The Morgan fingerprint density at radius 1 is 0.968 bits per heavy atom. The van der Waals surface area contributed by atoms with Crippen molar-refractivity contribution >= 4 is 39.9 Å². The van der Waals surface area contributed by atoms with Crippen molar-refractivity contribution in [3.63, 3.8) is 0 Å². The van der Waals surface area contributed by atoms with Gasteiger partial charge in [0, 0.05) is 5.39 Å². The van der Waals surface area contributed by atoms with E-state index in [0.29, 0.717) is 27.6 Å². The number of hydrogen-bond acceptors (Lipinski definition) is 7. The fourth-order valence-corrected chi connectivity index (χ4v) is 3.61. The van der Waals surface area contributed by atoms with E-state index in [1.807, 2.05) is 6.07 Å². The van der Waals surface area contributed by atoms with Gasteiger partial charge in [-0.15, -0.1) is 0 Å². The van der Waals surface area contributed by atoms with Crippen LogP contribution >= 0.6 is 0 Å². The molecular formula is C22H15N3O6. The molecule has 0 radical (unpaired) electrons. The predicted molar refractivity (Wildman–Crippen MR) is 109 cm³/mol. The molecule has 9 heteroatoms. The van der Waals surface area contributed by atoms with Crippen molar-refractivity contribution in [1.29, 1.82) is 0 Å². The number of fused-ring (bicyclic) bond motifs is 4. The van der Waals surface area contributed by atoms with Crippen molar-refractivity contribution in [3.8, 4) is 0 Å². The number of carbonyl (C=O) groups is 3. The molecule has 154 valence electrons. The van der Waals surface area contributed by atoms with E-state index in [1.54, 1.807) is 42.5 Å². The molecule has 31 heavy (non-hydrogen) atoms. The summed E-state index contributed by atoms with van der Waals surface area (Å²) in [4.78, 5) is 54.8. The fraction of sp³-hybridized carbons (Fsp3) is 0.136. The number of benzene rings is 2. The van der Waals surface area contributed by atoms with E-state index < -0.39 is 23.3 Å². The average Bonchev–Trinajstić information content (AvgIpc) is 3.27. The van der Waals surface area contributed by atoms with Crippen molar-refractivity contribution in [1.82, 2.24) is 14.5 Å². The second-order valence-electron chi connectivity index (χ2n) is 6.98. The van der Waals surface area contributed by atoms with Gasteiger partial charge in [-0.3, -0.25) is 28.6 Å². The molecule has 0 unspecified atom stereocenters. The summed E-state index contributed by atoms with van der Waals surface area (Å²) in [5.74, 6) is -1.55. The largest absolute Gasteiger partial charge is 0.462 e. The first kappa shape index (κ1) is 18.7. The molecule has 0 atom stereocenters. The van der Waals surface area contributed by atoms with Gasteiger partial charge in [0.25, 0.3) is 17.4 Å². The highest BCUT2D eigenvalue weighted by Crippen LogP contribution is 2.24. The number of esters is 1. The molecule has 2 aromatic carbocycles. The minimum atomic E-state index is -0.698. The SMILES string of the molecule is O=C(Cn1cnc2c(oc3ccccc32)c1=O)OCCN1C(=O)c2ccccc2C1=O. The van der Waals surface area contributed by atoms with Gasteiger partial charge in [-0.1, -0.05) is 24.3 Å². The van der Waals surface area contributed by atoms with E-state index in [4.69, 9.17) is 9.15 Å². The molecule has 1 aliphatic heterocycles. The summed E-state index contributed by atoms with van der Waals surface area (Å²) in [6.45, 7) is -0.631. The minimum absolute atomic E-state index is 0.0579. The first-order valence-corrected chi connectivity index (χ1v) is 9.52. The summed E-state index contributed by atoms with van der Waals surface area (Å²) in [6.07, 6.45) is 1.26. The highest BCUT2D eigenvalue weighted by molar-refractivity contribution is 6.21. The molecular weight excluding hydrogens is 402 g/mol. The van der Waals surface area contributed by atoms with Gasteiger partial charge < -0.3 is 9.15 Å². The van der Waals surface area contributed by atoms with Crippen LogP contribution in [0.25, 0.3) is 22.1 Å². The summed E-state index contributed by atoms with van der Waals surface area (Å²) in [6, 6.07) is 13.6. The van der Waals surface area contributed by atoms with Crippen LogP contribution < -0.4 is 5.56 Å². The molecule has 1 aliphatic rings. The van der Waals surface area contributed by atoms with Gasteiger partial charge in [-0.2, -0.15) is 0 Å². The zero-order valence-corrected chi connectivity index (χ0v) is 16.1. The Bertz CT molecular complexity index is 1400. The molecule has 0 aliphatic carbocycles. The average molecular weight is 417 g/mol. The molecule has 2 aromatic heterocycles. The van der Waals surface area contributed by atoms with Gasteiger partial charge in [0.2, 0.25) is 5.58 Å². The van der Waals surface area contributed by atoms with Crippen LogP contribution in [0.4, 0.5) is 0 Å². The summed E-state index contributed by atoms with van der Waals surface area (Å²) >= 11 is 0. The van der Waals surface area contributed by atoms with Crippen LogP contribution in [-0.4, -0.2) is 45.4 Å². The normalized spacial score (nSPS) is 13.2. The van der Waals surface area contributed by atoms with E-state index in [-0.39, 0.29) is 25.3 Å². The number of imide groups is 1. The van der Waals surface area contributed by atoms with E-state index in [9.17, 15) is 19.2 Å². The number of carbonyl (C=O) groups excluding carboxylic acids is 3. The summed E-state index contributed by atoms with van der Waals surface area (Å²) in [5.41, 5.74) is 1.17. The summed E-state index contributed by atoms with van der Waals surface area (Å²) in [5, 5.41) is 0.713. The van der Waals surface area contributed by atoms with Gasteiger partial charge in [-0.05, 0) is 24.3 Å². The Morgan fingerprint density at radius 3 is 2.39 bits per heavy atom. The Labute approximate surface area is 174 Å². The van der Waals surface area contributed by atoms with E-state index in [1.165, 1.54) is 6.33 Å². The first-order valence-electron chi connectivity index (χ1n) is 9.52. The van der Waals surface area contributed by atoms with E-state index in [0.717, 1.165) is 9.47 Å². The second kappa shape index (κ2) is 7.21. The van der Waals surface area contributed by atoms with Gasteiger partial charge in [0.05, 0.1) is 24.0 Å². The zero-order chi connectivity index (χ0) is 21.5. The predicted octanol–water partition coefficient (Wildman–Crippen LogP) is 1.98. The highest BCUT2D eigenvalue weighted by Gasteiger charge is 2.34. The summed E-state index contributed by atoms with van der Waals surface area (Å²) < 4.78 is 11.8. The molecule has 0 spiro atoms. The number of aromatic nitrogens is 2. The maximum atomic E-state index is 12.7. The van der Waals surface area contributed by atoms with E-state index >= 15 is 0 Å². The number of ether oxygens (including phenoxy) is 1. The molecule has 0 bridgehead atoms. The van der Waals surface area contributed by atoms with Crippen LogP contribution in [0.1, 0.15) is 20.7 Å². The van der Waals surface area contributed by atoms with Crippen LogP contribution in [0, 0.1) is 0 Å². The number of nitrogens with zero attached hydrogens (tertiary/aromatic N) is 3. The Balaban J connectivity index is 1.25. The molecule has 0 saturated heterocycles.